The Hall–Kier alpha value is -0.970. The van der Waals surface area contributed by atoms with E-state index in [-0.39, 0.29) is 11.5 Å². The summed E-state index contributed by atoms with van der Waals surface area (Å²) in [6, 6.07) is -1.55. The number of nitrogens with two attached hydrogens (primary N) is 2. The van der Waals surface area contributed by atoms with E-state index >= 15 is 0 Å². The summed E-state index contributed by atoms with van der Waals surface area (Å²) >= 11 is 7.42. The predicted molar refractivity (Wildman–Crippen MR) is 71.9 cm³/mol. The highest BCUT2D eigenvalue weighted by Crippen LogP contribution is 1.82. The van der Waals surface area contributed by atoms with Crippen LogP contribution in [0.3, 0.4) is 0 Å². The molecule has 18 heavy (non-hydrogen) atoms. The molecule has 0 saturated heterocycles. The Labute approximate surface area is 115 Å². The summed E-state index contributed by atoms with van der Waals surface area (Å²) in [5.41, 5.74) is 10.2. The predicted octanol–water partition coefficient (Wildman–Crippen LogP) is -2.23. The zero-order chi connectivity index (χ0) is 14.7. The van der Waals surface area contributed by atoms with Crippen LogP contribution in [0.25, 0.3) is 0 Å². The molecule has 10 heteroatoms. The molecule has 0 fully saturated rings. The molecule has 0 aromatic rings. The van der Waals surface area contributed by atoms with E-state index in [0.717, 1.165) is 0 Å². The first kappa shape index (κ1) is 19.4. The van der Waals surface area contributed by atoms with E-state index in [9.17, 15) is 14.4 Å². The zero-order valence-corrected chi connectivity index (χ0v) is 11.2. The smallest absolute Gasteiger partial charge is 0.322 e. The molecule has 1 amide bonds. The molecule has 0 spiro atoms. The van der Waals surface area contributed by atoms with Crippen molar-refractivity contribution in [3.05, 3.63) is 0 Å². The third kappa shape index (κ3) is 11.5. The zero-order valence-electron chi connectivity index (χ0n) is 9.44. The molecule has 0 aliphatic carbocycles. The summed E-state index contributed by atoms with van der Waals surface area (Å²) in [5.74, 6) is -2.21. The van der Waals surface area contributed by atoms with E-state index in [1.54, 1.807) is 0 Å². The minimum absolute atomic E-state index is 0.190. The monoisotopic (exact) mass is 299 g/mol. The van der Waals surface area contributed by atoms with Gasteiger partial charge in [0, 0.05) is 11.5 Å². The van der Waals surface area contributed by atoms with E-state index in [1.807, 2.05) is 0 Å². The number of hydrogen-bond donors (Lipinski definition) is 7. The lowest BCUT2D eigenvalue weighted by molar-refractivity contribution is -0.138. The van der Waals surface area contributed by atoms with E-state index in [2.05, 4.69) is 30.6 Å². The lowest BCUT2D eigenvalue weighted by Crippen LogP contribution is -2.43. The Morgan fingerprint density at radius 2 is 1.50 bits per heavy atom. The quantitative estimate of drug-likeness (QED) is 0.274. The lowest BCUT2D eigenvalue weighted by Gasteiger charge is -2.06. The van der Waals surface area contributed by atoms with Crippen molar-refractivity contribution in [1.82, 2.24) is 5.32 Å². The minimum atomic E-state index is -1.09. The van der Waals surface area contributed by atoms with Crippen LogP contribution in [0.15, 0.2) is 0 Å². The van der Waals surface area contributed by atoms with Gasteiger partial charge in [0.1, 0.15) is 12.6 Å². The molecular formula is C8H17N3O5S2. The number of carboxylic acids is 2. The summed E-state index contributed by atoms with van der Waals surface area (Å²) in [6.07, 6.45) is 0. The molecule has 0 saturated carbocycles. The topological polar surface area (TPSA) is 156 Å². The van der Waals surface area contributed by atoms with Crippen molar-refractivity contribution in [3.63, 3.8) is 0 Å². The second-order valence-electron chi connectivity index (χ2n) is 3.03. The summed E-state index contributed by atoms with van der Waals surface area (Å²) < 4.78 is 0. The normalized spacial score (nSPS) is 12.7. The summed E-state index contributed by atoms with van der Waals surface area (Å²) in [7, 11) is 0. The summed E-state index contributed by atoms with van der Waals surface area (Å²) in [5, 5.41) is 18.3. The lowest BCUT2D eigenvalue weighted by atomic mass is 10.3. The molecule has 8 nitrogen and oxygen atoms in total. The number of aliphatic carboxylic acids is 2. The van der Waals surface area contributed by atoms with Gasteiger partial charge in [0.25, 0.3) is 0 Å². The molecule has 0 aromatic carbocycles. The molecule has 0 bridgehead atoms. The van der Waals surface area contributed by atoms with Gasteiger partial charge in [-0.15, -0.1) is 0 Å². The van der Waals surface area contributed by atoms with Crippen LogP contribution < -0.4 is 16.8 Å². The average Bonchev–Trinajstić information content (AvgIpc) is 2.34. The number of nitrogens with one attached hydrogen (secondary N) is 1. The fourth-order valence-corrected chi connectivity index (χ4v) is 0.777. The molecule has 0 radical (unpaired) electrons. The fraction of sp³-hybridized carbons (Fsp3) is 0.625. The van der Waals surface area contributed by atoms with E-state index in [1.165, 1.54) is 0 Å². The molecule has 0 aliphatic rings. The second-order valence-corrected chi connectivity index (χ2v) is 3.76. The number of carbonyl (C=O) groups excluding carboxylic acids is 1. The third-order valence-electron chi connectivity index (χ3n) is 1.46. The molecule has 0 aliphatic heterocycles. The standard InChI is InChI=1S/C5H10N2O3S.C3H7NO2S/c6-3(2-11)5(10)7-1-4(8)9;4-2(1-7)3(5)6/h3,11H,1-2,6H2,(H,7,10)(H,8,9);2,7H,1,4H2,(H,5,6)/t3-;2-/m00/s1. The second kappa shape index (κ2) is 11.1. The van der Waals surface area contributed by atoms with Gasteiger partial charge >= 0.3 is 11.9 Å². The number of thiol groups is 2. The van der Waals surface area contributed by atoms with Crippen molar-refractivity contribution in [2.75, 3.05) is 18.1 Å². The van der Waals surface area contributed by atoms with Gasteiger partial charge < -0.3 is 27.0 Å². The Morgan fingerprint density at radius 1 is 1.06 bits per heavy atom. The van der Waals surface area contributed by atoms with Crippen LogP contribution in [0, 0.1) is 0 Å². The molecule has 0 aromatic heterocycles. The van der Waals surface area contributed by atoms with Crippen molar-refractivity contribution >= 4 is 43.1 Å². The molecule has 2 atom stereocenters. The molecular weight excluding hydrogens is 282 g/mol. The first-order valence-electron chi connectivity index (χ1n) is 4.71. The molecule has 0 rings (SSSR count). The molecule has 7 N–H and O–H groups in total. The number of carboxylic acid groups (broad SMARTS) is 2. The van der Waals surface area contributed by atoms with Gasteiger partial charge in [0.2, 0.25) is 5.91 Å². The Bertz CT molecular complexity index is 290. The van der Waals surface area contributed by atoms with Crippen LogP contribution >= 0.6 is 25.3 Å². The number of amides is 1. The number of hydrogen-bond acceptors (Lipinski definition) is 7. The maximum Gasteiger partial charge on any atom is 0.322 e. The molecule has 0 unspecified atom stereocenters. The van der Waals surface area contributed by atoms with Gasteiger partial charge in [-0.1, -0.05) is 0 Å². The maximum atomic E-state index is 10.7. The first-order valence-corrected chi connectivity index (χ1v) is 5.97. The molecule has 106 valence electrons. The SMILES string of the molecule is N[C@@H](CS)C(=O)NCC(=O)O.N[C@@H](CS)C(=O)O. The number of rotatable bonds is 6. The van der Waals surface area contributed by atoms with E-state index in [4.69, 9.17) is 21.7 Å². The van der Waals surface area contributed by atoms with Gasteiger partial charge in [-0.2, -0.15) is 25.3 Å². The van der Waals surface area contributed by atoms with Crippen molar-refractivity contribution in [2.24, 2.45) is 11.5 Å². The largest absolute Gasteiger partial charge is 0.480 e. The van der Waals surface area contributed by atoms with Gasteiger partial charge in [0.05, 0.1) is 6.04 Å². The van der Waals surface area contributed by atoms with Crippen LogP contribution in [-0.4, -0.2) is 58.2 Å². The van der Waals surface area contributed by atoms with Crippen LogP contribution in [0.4, 0.5) is 0 Å². The fourth-order valence-electron chi connectivity index (χ4n) is 0.455. The Kier molecular flexibility index (Phi) is 12.0. The van der Waals surface area contributed by atoms with E-state index in [0.29, 0.717) is 0 Å². The summed E-state index contributed by atoms with van der Waals surface area (Å²) in [4.78, 5) is 30.4. The number of carbonyl (C=O) groups is 3. The average molecular weight is 299 g/mol. The van der Waals surface area contributed by atoms with Crippen molar-refractivity contribution in [2.45, 2.75) is 12.1 Å². The third-order valence-corrected chi connectivity index (χ3v) is 2.25. The van der Waals surface area contributed by atoms with Gasteiger partial charge in [-0.05, 0) is 0 Å². The molecule has 0 heterocycles. The van der Waals surface area contributed by atoms with Crippen LogP contribution in [0.1, 0.15) is 0 Å². The first-order chi connectivity index (χ1) is 8.26. The highest BCUT2D eigenvalue weighted by atomic mass is 32.1. The van der Waals surface area contributed by atoms with Crippen LogP contribution in [0.2, 0.25) is 0 Å². The highest BCUT2D eigenvalue weighted by molar-refractivity contribution is 7.80. The van der Waals surface area contributed by atoms with Crippen molar-refractivity contribution in [3.8, 4) is 0 Å². The van der Waals surface area contributed by atoms with Gasteiger partial charge in [0.15, 0.2) is 0 Å². The maximum absolute atomic E-state index is 10.7. The summed E-state index contributed by atoms with van der Waals surface area (Å²) in [6.45, 7) is -0.402. The van der Waals surface area contributed by atoms with E-state index < -0.39 is 36.5 Å². The minimum Gasteiger partial charge on any atom is -0.480 e. The van der Waals surface area contributed by atoms with Crippen molar-refractivity contribution in [1.29, 1.82) is 0 Å². The van der Waals surface area contributed by atoms with Crippen LogP contribution in [0.5, 0.6) is 0 Å². The van der Waals surface area contributed by atoms with Gasteiger partial charge in [-0.3, -0.25) is 14.4 Å². The van der Waals surface area contributed by atoms with Crippen molar-refractivity contribution < 1.29 is 24.6 Å². The Morgan fingerprint density at radius 3 is 1.72 bits per heavy atom. The highest BCUT2D eigenvalue weighted by Gasteiger charge is 2.11. The van der Waals surface area contributed by atoms with Gasteiger partial charge in [-0.25, -0.2) is 0 Å². The Balaban J connectivity index is 0. The van der Waals surface area contributed by atoms with Crippen LogP contribution in [-0.2, 0) is 14.4 Å².